The van der Waals surface area contributed by atoms with E-state index in [0.717, 1.165) is 62.6 Å². The zero-order valence-electron chi connectivity index (χ0n) is 20.4. The zero-order chi connectivity index (χ0) is 24.9. The summed E-state index contributed by atoms with van der Waals surface area (Å²) < 4.78 is 0. The average Bonchev–Trinajstić information content (AvgIpc) is 3.47. The number of hydrogen-bond acceptors (Lipinski definition) is 4. The van der Waals surface area contributed by atoms with Gasteiger partial charge < -0.3 is 10.3 Å². The second-order valence-corrected chi connectivity index (χ2v) is 8.69. The number of H-pyrrole nitrogens is 2. The van der Waals surface area contributed by atoms with E-state index < -0.39 is 0 Å². The Morgan fingerprint density at radius 1 is 1.06 bits per heavy atom. The third-order valence-electron chi connectivity index (χ3n) is 5.95. The lowest BCUT2D eigenvalue weighted by Crippen LogP contribution is -2.02. The number of aromatic amines is 2. The van der Waals surface area contributed by atoms with Gasteiger partial charge in [0.15, 0.2) is 0 Å². The Bertz CT molecular complexity index is 1570. The van der Waals surface area contributed by atoms with Crippen LogP contribution in [-0.4, -0.2) is 25.1 Å². The highest BCUT2D eigenvalue weighted by molar-refractivity contribution is 5.94. The third kappa shape index (κ3) is 5.03. The highest BCUT2D eigenvalue weighted by Crippen LogP contribution is 2.30. The summed E-state index contributed by atoms with van der Waals surface area (Å²) in [4.78, 5) is 12.6. The van der Waals surface area contributed by atoms with E-state index in [0.29, 0.717) is 0 Å². The maximum atomic E-state index is 4.65. The standard InChI is InChI=1S/C30H28N6/c1-4-5-7-12-23-15-28(34-21(23)3)30-26-16-27(32-19-29(26)35-36-30)24-14-25(18-31-17-24)33-20(2)13-22-10-8-6-9-11-22/h4-12,14-19,33-34H,2,13H2,1,3H3,(H,35,36)/b5-4-,12-7-. The van der Waals surface area contributed by atoms with Crippen LogP contribution < -0.4 is 5.32 Å². The van der Waals surface area contributed by atoms with Crippen LogP contribution in [-0.2, 0) is 6.42 Å². The average molecular weight is 473 g/mol. The SMILES string of the molecule is C=C(Cc1ccccc1)Nc1cncc(-c2cc3c(-c4cc(/C=C\C=C/C)c(C)[nH]4)n[nH]c3cn2)c1. The first kappa shape index (κ1) is 23.1. The molecule has 3 N–H and O–H groups in total. The monoisotopic (exact) mass is 472 g/mol. The molecule has 0 atom stereocenters. The molecule has 0 unspecified atom stereocenters. The Morgan fingerprint density at radius 3 is 2.75 bits per heavy atom. The predicted octanol–water partition coefficient (Wildman–Crippen LogP) is 7.08. The summed E-state index contributed by atoms with van der Waals surface area (Å²) in [7, 11) is 0. The van der Waals surface area contributed by atoms with Crippen LogP contribution in [0.15, 0.2) is 97.6 Å². The summed E-state index contributed by atoms with van der Waals surface area (Å²) in [5.41, 5.74) is 9.65. The van der Waals surface area contributed by atoms with Crippen LogP contribution in [0.2, 0.25) is 0 Å². The summed E-state index contributed by atoms with van der Waals surface area (Å²) in [5, 5.41) is 12.1. The first-order valence-corrected chi connectivity index (χ1v) is 11.9. The molecule has 0 aliphatic rings. The molecule has 0 bridgehead atoms. The molecule has 4 heterocycles. The summed E-state index contributed by atoms with van der Waals surface area (Å²) in [6.07, 6.45) is 14.3. The molecule has 178 valence electrons. The molecule has 36 heavy (non-hydrogen) atoms. The fraction of sp³-hybridized carbons (Fsp3) is 0.100. The van der Waals surface area contributed by atoms with Crippen molar-refractivity contribution in [2.45, 2.75) is 20.3 Å². The lowest BCUT2D eigenvalue weighted by molar-refractivity contribution is 1.11. The van der Waals surface area contributed by atoms with Crippen molar-refractivity contribution in [3.63, 3.8) is 0 Å². The van der Waals surface area contributed by atoms with Gasteiger partial charge in [0.25, 0.3) is 0 Å². The van der Waals surface area contributed by atoms with Gasteiger partial charge in [-0.3, -0.25) is 15.1 Å². The number of allylic oxidation sites excluding steroid dienone is 4. The van der Waals surface area contributed by atoms with E-state index in [4.69, 9.17) is 0 Å². The number of rotatable bonds is 8. The molecular formula is C30H28N6. The van der Waals surface area contributed by atoms with Crippen LogP contribution in [0.25, 0.3) is 39.6 Å². The molecule has 0 aliphatic carbocycles. The summed E-state index contributed by atoms with van der Waals surface area (Å²) >= 11 is 0. The number of nitrogens with zero attached hydrogens (tertiary/aromatic N) is 3. The maximum Gasteiger partial charge on any atom is 0.116 e. The van der Waals surface area contributed by atoms with Gasteiger partial charge in [-0.15, -0.1) is 0 Å². The number of benzene rings is 1. The largest absolute Gasteiger partial charge is 0.358 e. The molecule has 0 fully saturated rings. The summed E-state index contributed by atoms with van der Waals surface area (Å²) in [5.74, 6) is 0. The quantitative estimate of drug-likeness (QED) is 0.211. The molecule has 0 aliphatic heterocycles. The minimum Gasteiger partial charge on any atom is -0.358 e. The Hall–Kier alpha value is -4.71. The van der Waals surface area contributed by atoms with Crippen molar-refractivity contribution in [1.82, 2.24) is 25.1 Å². The van der Waals surface area contributed by atoms with E-state index in [1.54, 1.807) is 6.20 Å². The molecule has 0 radical (unpaired) electrons. The first-order valence-electron chi connectivity index (χ1n) is 11.9. The van der Waals surface area contributed by atoms with Gasteiger partial charge in [-0.05, 0) is 43.2 Å². The van der Waals surface area contributed by atoms with E-state index >= 15 is 0 Å². The zero-order valence-corrected chi connectivity index (χ0v) is 20.4. The lowest BCUT2D eigenvalue weighted by atomic mass is 10.1. The van der Waals surface area contributed by atoms with Gasteiger partial charge >= 0.3 is 0 Å². The normalized spacial score (nSPS) is 11.6. The van der Waals surface area contributed by atoms with E-state index in [1.165, 1.54) is 5.56 Å². The van der Waals surface area contributed by atoms with Crippen molar-refractivity contribution in [2.75, 3.05) is 5.32 Å². The fourth-order valence-electron chi connectivity index (χ4n) is 4.16. The molecule has 6 nitrogen and oxygen atoms in total. The van der Waals surface area contributed by atoms with Crippen LogP contribution >= 0.6 is 0 Å². The van der Waals surface area contributed by atoms with Gasteiger partial charge in [-0.25, -0.2) is 0 Å². The molecule has 4 aromatic heterocycles. The Morgan fingerprint density at radius 2 is 1.92 bits per heavy atom. The van der Waals surface area contributed by atoms with Gasteiger partial charge in [-0.1, -0.05) is 61.2 Å². The Balaban J connectivity index is 1.41. The second-order valence-electron chi connectivity index (χ2n) is 8.69. The molecular weight excluding hydrogens is 444 g/mol. The number of fused-ring (bicyclic) bond motifs is 1. The van der Waals surface area contributed by atoms with Crippen LogP contribution in [0.1, 0.15) is 23.7 Å². The predicted molar refractivity (Wildman–Crippen MR) is 148 cm³/mol. The Kier molecular flexibility index (Phi) is 6.58. The van der Waals surface area contributed by atoms with Crippen LogP contribution in [0.4, 0.5) is 5.69 Å². The minimum atomic E-state index is 0.745. The number of pyridine rings is 2. The highest BCUT2D eigenvalue weighted by Gasteiger charge is 2.14. The van der Waals surface area contributed by atoms with Crippen molar-refractivity contribution in [3.8, 4) is 22.6 Å². The second kappa shape index (κ2) is 10.3. The number of aromatic nitrogens is 5. The highest BCUT2D eigenvalue weighted by atomic mass is 15.1. The van der Waals surface area contributed by atoms with Crippen molar-refractivity contribution < 1.29 is 0 Å². The number of aryl methyl sites for hydroxylation is 1. The van der Waals surface area contributed by atoms with Gasteiger partial charge in [-0.2, -0.15) is 5.10 Å². The van der Waals surface area contributed by atoms with Crippen molar-refractivity contribution in [1.29, 1.82) is 0 Å². The lowest BCUT2D eigenvalue weighted by Gasteiger charge is -2.11. The summed E-state index contributed by atoms with van der Waals surface area (Å²) in [6, 6.07) is 16.5. The molecule has 5 rings (SSSR count). The third-order valence-corrected chi connectivity index (χ3v) is 5.95. The van der Waals surface area contributed by atoms with E-state index in [9.17, 15) is 0 Å². The van der Waals surface area contributed by atoms with Gasteiger partial charge in [0.2, 0.25) is 0 Å². The molecule has 0 spiro atoms. The first-order chi connectivity index (χ1) is 17.6. The molecule has 6 heteroatoms. The van der Waals surface area contributed by atoms with Crippen molar-refractivity contribution in [2.24, 2.45) is 0 Å². The minimum absolute atomic E-state index is 0.745. The molecule has 1 aromatic carbocycles. The van der Waals surface area contributed by atoms with Crippen LogP contribution in [0, 0.1) is 6.92 Å². The summed E-state index contributed by atoms with van der Waals surface area (Å²) in [6.45, 7) is 8.25. The number of hydrogen-bond donors (Lipinski definition) is 3. The van der Waals surface area contributed by atoms with Crippen molar-refractivity contribution in [3.05, 3.63) is 114 Å². The molecule has 0 saturated heterocycles. The van der Waals surface area contributed by atoms with E-state index in [1.807, 2.05) is 61.8 Å². The molecule has 0 saturated carbocycles. The van der Waals surface area contributed by atoms with Gasteiger partial charge in [0, 0.05) is 35.0 Å². The van der Waals surface area contributed by atoms with Crippen molar-refractivity contribution >= 4 is 22.7 Å². The van der Waals surface area contributed by atoms with Gasteiger partial charge in [0.1, 0.15) is 5.69 Å². The maximum absolute atomic E-state index is 4.65. The van der Waals surface area contributed by atoms with E-state index in [2.05, 4.69) is 74.3 Å². The molecule has 5 aromatic rings. The molecule has 0 amide bonds. The smallest absolute Gasteiger partial charge is 0.116 e. The van der Waals surface area contributed by atoms with Crippen LogP contribution in [0.3, 0.4) is 0 Å². The van der Waals surface area contributed by atoms with Crippen LogP contribution in [0.5, 0.6) is 0 Å². The number of anilines is 1. The van der Waals surface area contributed by atoms with E-state index in [-0.39, 0.29) is 0 Å². The van der Waals surface area contributed by atoms with Gasteiger partial charge in [0.05, 0.1) is 35.0 Å². The topological polar surface area (TPSA) is 82.3 Å². The number of nitrogens with one attached hydrogen (secondary N) is 3. The fourth-order valence-corrected chi connectivity index (χ4v) is 4.16. The Labute approximate surface area is 210 Å².